The van der Waals surface area contributed by atoms with Crippen molar-refractivity contribution in [1.29, 1.82) is 0 Å². The fourth-order valence-corrected chi connectivity index (χ4v) is 3.46. The molecule has 1 aromatic heterocycles. The van der Waals surface area contributed by atoms with Gasteiger partial charge in [0.2, 0.25) is 11.9 Å². The molecular formula is C18H17FN4O2. The number of halogens is 1. The number of carbonyl (C=O) groups is 2. The number of nitrogens with one attached hydrogen (secondary N) is 1. The standard InChI is InChI=1S/C18H17FN4O2/c1-11-3-4-12-13(7-11)18(8-14(18)19)10-23(16(12)25)9-15(24)22-17-20-5-2-6-21-17/h2-7,14H,8-10H2,1H3,(H,20,21,22,24)/t14?,18-/m0/s1. The van der Waals surface area contributed by atoms with E-state index in [1.807, 2.05) is 19.1 Å². The number of aryl methyl sites for hydroxylation is 1. The number of aromatic nitrogens is 2. The number of anilines is 1. The van der Waals surface area contributed by atoms with E-state index in [0.717, 1.165) is 11.1 Å². The summed E-state index contributed by atoms with van der Waals surface area (Å²) >= 11 is 0. The second kappa shape index (κ2) is 5.61. The molecule has 1 N–H and O–H groups in total. The van der Waals surface area contributed by atoms with E-state index in [0.29, 0.717) is 12.0 Å². The number of rotatable bonds is 3. The Labute approximate surface area is 144 Å². The molecule has 1 unspecified atom stereocenters. The minimum Gasteiger partial charge on any atom is -0.328 e. The van der Waals surface area contributed by atoms with Gasteiger partial charge in [-0.15, -0.1) is 0 Å². The van der Waals surface area contributed by atoms with E-state index < -0.39 is 17.5 Å². The van der Waals surface area contributed by atoms with Gasteiger partial charge in [-0.25, -0.2) is 14.4 Å². The maximum Gasteiger partial charge on any atom is 0.254 e. The monoisotopic (exact) mass is 340 g/mol. The number of alkyl halides is 1. The Balaban J connectivity index is 1.57. The number of hydrogen-bond acceptors (Lipinski definition) is 4. The summed E-state index contributed by atoms with van der Waals surface area (Å²) < 4.78 is 14.2. The Morgan fingerprint density at radius 3 is 2.80 bits per heavy atom. The zero-order chi connectivity index (χ0) is 17.6. The molecule has 2 amide bonds. The molecule has 0 bridgehead atoms. The normalized spacial score (nSPS) is 24.2. The molecule has 1 aliphatic heterocycles. The van der Waals surface area contributed by atoms with Gasteiger partial charge in [0.05, 0.1) is 0 Å². The topological polar surface area (TPSA) is 75.2 Å². The summed E-state index contributed by atoms with van der Waals surface area (Å²) in [6.07, 6.45) is 2.43. The Morgan fingerprint density at radius 1 is 1.40 bits per heavy atom. The average Bonchev–Trinajstić information content (AvgIpc) is 3.23. The van der Waals surface area contributed by atoms with Crippen molar-refractivity contribution in [2.75, 3.05) is 18.4 Å². The van der Waals surface area contributed by atoms with Crippen LogP contribution in [0.1, 0.15) is 27.9 Å². The molecule has 1 aromatic carbocycles. The largest absolute Gasteiger partial charge is 0.328 e. The highest BCUT2D eigenvalue weighted by Gasteiger charge is 2.61. The van der Waals surface area contributed by atoms with E-state index in [1.165, 1.54) is 17.3 Å². The molecule has 7 heteroatoms. The third-order valence-electron chi connectivity index (χ3n) is 4.84. The molecule has 2 heterocycles. The lowest BCUT2D eigenvalue weighted by atomic mass is 9.85. The van der Waals surface area contributed by atoms with E-state index in [4.69, 9.17) is 0 Å². The molecule has 25 heavy (non-hydrogen) atoms. The van der Waals surface area contributed by atoms with Gasteiger partial charge >= 0.3 is 0 Å². The number of benzene rings is 1. The lowest BCUT2D eigenvalue weighted by molar-refractivity contribution is -0.117. The summed E-state index contributed by atoms with van der Waals surface area (Å²) in [5, 5.41) is 2.55. The van der Waals surface area contributed by atoms with Crippen molar-refractivity contribution in [1.82, 2.24) is 14.9 Å². The third-order valence-corrected chi connectivity index (χ3v) is 4.84. The molecule has 0 saturated heterocycles. The number of hydrogen-bond donors (Lipinski definition) is 1. The Morgan fingerprint density at radius 2 is 2.12 bits per heavy atom. The van der Waals surface area contributed by atoms with Crippen LogP contribution in [0.4, 0.5) is 10.3 Å². The van der Waals surface area contributed by atoms with Crippen molar-refractivity contribution in [3.8, 4) is 0 Å². The predicted octanol–water partition coefficient (Wildman–Crippen LogP) is 1.86. The van der Waals surface area contributed by atoms with Crippen LogP contribution in [0.5, 0.6) is 0 Å². The summed E-state index contributed by atoms with van der Waals surface area (Å²) in [5.74, 6) is -0.470. The molecule has 1 spiro atoms. The van der Waals surface area contributed by atoms with Crippen LogP contribution in [-0.2, 0) is 10.2 Å². The van der Waals surface area contributed by atoms with Crippen molar-refractivity contribution in [2.24, 2.45) is 0 Å². The van der Waals surface area contributed by atoms with Gasteiger partial charge in [-0.2, -0.15) is 0 Å². The number of nitrogens with zero attached hydrogens (tertiary/aromatic N) is 3. The quantitative estimate of drug-likeness (QED) is 0.925. The van der Waals surface area contributed by atoms with Crippen molar-refractivity contribution in [3.63, 3.8) is 0 Å². The van der Waals surface area contributed by atoms with Crippen molar-refractivity contribution in [2.45, 2.75) is 24.9 Å². The molecule has 2 aliphatic rings. The summed E-state index contributed by atoms with van der Waals surface area (Å²) in [6, 6.07) is 7.09. The van der Waals surface area contributed by atoms with Crippen LogP contribution < -0.4 is 5.32 Å². The number of carbonyl (C=O) groups excluding carboxylic acids is 2. The summed E-state index contributed by atoms with van der Waals surface area (Å²) in [7, 11) is 0. The average molecular weight is 340 g/mol. The molecule has 1 aliphatic carbocycles. The van der Waals surface area contributed by atoms with Gasteiger partial charge in [0.1, 0.15) is 12.7 Å². The van der Waals surface area contributed by atoms with Crippen molar-refractivity contribution in [3.05, 3.63) is 53.3 Å². The van der Waals surface area contributed by atoms with Gasteiger partial charge in [-0.1, -0.05) is 17.7 Å². The predicted molar refractivity (Wildman–Crippen MR) is 88.9 cm³/mol. The van der Waals surface area contributed by atoms with Crippen LogP contribution in [0.25, 0.3) is 0 Å². The molecule has 2 aromatic rings. The Hall–Kier alpha value is -2.83. The first-order valence-electron chi connectivity index (χ1n) is 8.11. The lowest BCUT2D eigenvalue weighted by Gasteiger charge is -2.34. The highest BCUT2D eigenvalue weighted by Crippen LogP contribution is 2.54. The molecular weight excluding hydrogens is 323 g/mol. The third kappa shape index (κ3) is 2.65. The zero-order valence-electron chi connectivity index (χ0n) is 13.7. The second-order valence-electron chi connectivity index (χ2n) is 6.66. The van der Waals surface area contributed by atoms with E-state index in [9.17, 15) is 14.0 Å². The maximum atomic E-state index is 14.2. The van der Waals surface area contributed by atoms with Gasteiger partial charge in [-0.05, 0) is 31.0 Å². The SMILES string of the molecule is Cc1ccc2c(c1)[C@]1(CC1F)CN(CC(=O)Nc1ncccn1)C2=O. The number of amides is 2. The maximum absolute atomic E-state index is 14.2. The smallest absolute Gasteiger partial charge is 0.254 e. The molecule has 2 atom stereocenters. The molecule has 0 radical (unpaired) electrons. The Bertz CT molecular complexity index is 857. The van der Waals surface area contributed by atoms with Crippen LogP contribution in [0.3, 0.4) is 0 Å². The summed E-state index contributed by atoms with van der Waals surface area (Å²) in [5.41, 5.74) is 1.59. The van der Waals surface area contributed by atoms with Crippen LogP contribution in [0.15, 0.2) is 36.7 Å². The van der Waals surface area contributed by atoms with Crippen LogP contribution >= 0.6 is 0 Å². The van der Waals surface area contributed by atoms with E-state index in [-0.39, 0.29) is 24.9 Å². The highest BCUT2D eigenvalue weighted by molar-refractivity contribution is 6.01. The second-order valence-corrected chi connectivity index (χ2v) is 6.66. The van der Waals surface area contributed by atoms with Crippen LogP contribution in [0.2, 0.25) is 0 Å². The summed E-state index contributed by atoms with van der Waals surface area (Å²) in [6.45, 7) is 1.99. The minimum absolute atomic E-state index is 0.154. The highest BCUT2D eigenvalue weighted by atomic mass is 19.1. The summed E-state index contributed by atoms with van der Waals surface area (Å²) in [4.78, 5) is 34.2. The van der Waals surface area contributed by atoms with Gasteiger partial charge < -0.3 is 4.90 Å². The first kappa shape index (κ1) is 15.7. The van der Waals surface area contributed by atoms with Crippen LogP contribution in [-0.4, -0.2) is 45.9 Å². The molecule has 4 rings (SSSR count). The Kier molecular flexibility index (Phi) is 3.52. The molecule has 6 nitrogen and oxygen atoms in total. The lowest BCUT2D eigenvalue weighted by Crippen LogP contribution is -2.47. The number of fused-ring (bicyclic) bond motifs is 2. The van der Waals surface area contributed by atoms with Gasteiger partial charge in [0.15, 0.2) is 0 Å². The first-order valence-corrected chi connectivity index (χ1v) is 8.11. The fourth-order valence-electron chi connectivity index (χ4n) is 3.46. The van der Waals surface area contributed by atoms with Crippen LogP contribution in [0, 0.1) is 6.92 Å². The zero-order valence-corrected chi connectivity index (χ0v) is 13.7. The van der Waals surface area contributed by atoms with E-state index >= 15 is 0 Å². The van der Waals surface area contributed by atoms with Crippen molar-refractivity contribution >= 4 is 17.8 Å². The van der Waals surface area contributed by atoms with E-state index in [2.05, 4.69) is 15.3 Å². The molecule has 128 valence electrons. The first-order chi connectivity index (χ1) is 12.0. The van der Waals surface area contributed by atoms with E-state index in [1.54, 1.807) is 12.1 Å². The molecule has 1 fully saturated rings. The fraction of sp³-hybridized carbons (Fsp3) is 0.333. The van der Waals surface area contributed by atoms with Gasteiger partial charge in [-0.3, -0.25) is 14.9 Å². The van der Waals surface area contributed by atoms with Gasteiger partial charge in [0.25, 0.3) is 5.91 Å². The minimum atomic E-state index is -0.982. The van der Waals surface area contributed by atoms with Gasteiger partial charge in [0, 0.05) is 29.9 Å². The van der Waals surface area contributed by atoms with Crippen molar-refractivity contribution < 1.29 is 14.0 Å². The molecule has 1 saturated carbocycles.